The molecule has 114 valence electrons. The minimum atomic E-state index is -5.56. The number of hydrogen-bond acceptors (Lipinski definition) is 0. The summed E-state index contributed by atoms with van der Waals surface area (Å²) in [7, 11) is 0. The van der Waals surface area contributed by atoms with Gasteiger partial charge in [-0.25, -0.2) is 0 Å². The maximum absolute atomic E-state index is 11.0. The Labute approximate surface area is 109 Å². The van der Waals surface area contributed by atoms with Crippen LogP contribution in [0.5, 0.6) is 0 Å². The minimum Gasteiger partial charge on any atom is -0.196 e. The summed E-state index contributed by atoms with van der Waals surface area (Å²) in [6.45, 7) is 3.09. The topological polar surface area (TPSA) is 0 Å². The number of allylic oxidation sites excluding steroid dienone is 1. The van der Waals surface area contributed by atoms with Gasteiger partial charge in [0.25, 0.3) is 5.83 Å². The SMILES string of the molecule is C=C(Cl)Cl.FC(F)=C(F)C(F)(F)F.FC(F)=C(F)F. The monoisotopic (exact) mass is 346 g/mol. The van der Waals surface area contributed by atoms with Crippen molar-refractivity contribution in [3.63, 3.8) is 0 Å². The molecule has 0 saturated carbocycles. The van der Waals surface area contributed by atoms with Gasteiger partial charge in [-0.05, 0) is 0 Å². The quantitative estimate of drug-likeness (QED) is 0.436. The van der Waals surface area contributed by atoms with Crippen LogP contribution in [0.15, 0.2) is 35.1 Å². The molecule has 0 amide bonds. The molecule has 12 heteroatoms. The predicted molar refractivity (Wildman–Crippen MR) is 48.7 cm³/mol. The molecule has 0 aromatic rings. The van der Waals surface area contributed by atoms with E-state index in [0.717, 1.165) is 0 Å². The van der Waals surface area contributed by atoms with Gasteiger partial charge >= 0.3 is 24.4 Å². The summed E-state index contributed by atoms with van der Waals surface area (Å²) >= 11 is 9.69. The van der Waals surface area contributed by atoms with Crippen LogP contribution in [0.4, 0.5) is 43.9 Å². The fourth-order valence-corrected chi connectivity index (χ4v) is 0.107. The largest absolute Gasteiger partial charge is 0.448 e. The van der Waals surface area contributed by atoms with Gasteiger partial charge < -0.3 is 0 Å². The van der Waals surface area contributed by atoms with E-state index in [4.69, 9.17) is 23.2 Å². The number of hydrogen-bond donors (Lipinski definition) is 0. The molecule has 0 nitrogen and oxygen atoms in total. The van der Waals surface area contributed by atoms with E-state index in [1.807, 2.05) is 0 Å². The Morgan fingerprint density at radius 1 is 0.684 bits per heavy atom. The summed E-state index contributed by atoms with van der Waals surface area (Å²) in [5.41, 5.74) is 0. The Bertz CT molecular complexity index is 316. The van der Waals surface area contributed by atoms with Gasteiger partial charge in [0.05, 0.1) is 4.49 Å². The Morgan fingerprint density at radius 3 is 0.895 bits per heavy atom. The van der Waals surface area contributed by atoms with Crippen LogP contribution in [0.3, 0.4) is 0 Å². The molecule has 0 aromatic carbocycles. The van der Waals surface area contributed by atoms with Crippen molar-refractivity contribution >= 4 is 23.2 Å². The summed E-state index contributed by atoms with van der Waals surface area (Å²) < 4.78 is 106. The van der Waals surface area contributed by atoms with Gasteiger partial charge in [-0.15, -0.1) is 0 Å². The van der Waals surface area contributed by atoms with Crippen LogP contribution in [-0.2, 0) is 0 Å². The molecule has 19 heavy (non-hydrogen) atoms. The molecule has 0 atom stereocenters. The normalized spacial score (nSPS) is 9.26. The van der Waals surface area contributed by atoms with Gasteiger partial charge in [0.15, 0.2) is 0 Å². The number of rotatable bonds is 0. The van der Waals surface area contributed by atoms with Gasteiger partial charge in [0.1, 0.15) is 0 Å². The molecule has 0 aliphatic heterocycles. The van der Waals surface area contributed by atoms with E-state index < -0.39 is 30.2 Å². The second kappa shape index (κ2) is 11.0. The molecular weight excluding hydrogens is 345 g/mol. The van der Waals surface area contributed by atoms with Gasteiger partial charge in [0, 0.05) is 0 Å². The third-order valence-corrected chi connectivity index (χ3v) is 0.558. The molecule has 0 N–H and O–H groups in total. The molecule has 0 saturated heterocycles. The van der Waals surface area contributed by atoms with Crippen molar-refractivity contribution < 1.29 is 43.9 Å². The Kier molecular flexibility index (Phi) is 13.4. The van der Waals surface area contributed by atoms with Gasteiger partial charge in [0.2, 0.25) is 0 Å². The van der Waals surface area contributed by atoms with Crippen LogP contribution in [-0.4, -0.2) is 6.18 Å². The van der Waals surface area contributed by atoms with Crippen molar-refractivity contribution in [2.24, 2.45) is 0 Å². The van der Waals surface area contributed by atoms with Gasteiger partial charge in [-0.1, -0.05) is 29.8 Å². The summed E-state index contributed by atoms with van der Waals surface area (Å²) in [5, 5.41) is 0. The maximum atomic E-state index is 11.0. The van der Waals surface area contributed by atoms with E-state index in [2.05, 4.69) is 6.58 Å². The van der Waals surface area contributed by atoms with E-state index >= 15 is 0 Å². The molecule has 0 rings (SSSR count). The highest BCUT2D eigenvalue weighted by Crippen LogP contribution is 2.29. The summed E-state index contributed by atoms with van der Waals surface area (Å²) in [5.74, 6) is -3.33. The standard InChI is InChI=1S/C3F6.C2H2Cl2.C2F4/c4-1(2(5)6)3(7,8)9;1-2(3)4;3-1(4)2(5)6/h;1H2;. The lowest BCUT2D eigenvalue weighted by Gasteiger charge is -1.98. The first-order chi connectivity index (χ1) is 8.23. The number of halogens is 12. The highest BCUT2D eigenvalue weighted by atomic mass is 35.5. The van der Waals surface area contributed by atoms with Crippen LogP contribution >= 0.6 is 23.2 Å². The molecule has 0 aromatic heterocycles. The minimum absolute atomic E-state index is 0.111. The van der Waals surface area contributed by atoms with E-state index in [0.29, 0.717) is 0 Å². The number of alkyl halides is 3. The zero-order valence-corrected chi connectivity index (χ0v) is 9.75. The average molecular weight is 347 g/mol. The van der Waals surface area contributed by atoms with E-state index in [9.17, 15) is 43.9 Å². The predicted octanol–water partition coefficient (Wildman–Crippen LogP) is 6.55. The lowest BCUT2D eigenvalue weighted by atomic mass is 10.6. The smallest absolute Gasteiger partial charge is 0.196 e. The summed E-state index contributed by atoms with van der Waals surface area (Å²) in [6, 6.07) is 0. The van der Waals surface area contributed by atoms with Gasteiger partial charge in [-0.2, -0.15) is 43.9 Å². The third-order valence-electron chi connectivity index (χ3n) is 0.558. The third kappa shape index (κ3) is 22.7. The fourth-order valence-electron chi connectivity index (χ4n) is 0.107. The molecule has 0 radical (unpaired) electrons. The van der Waals surface area contributed by atoms with E-state index in [-0.39, 0.29) is 4.49 Å². The first-order valence-electron chi connectivity index (χ1n) is 3.37. The molecule has 0 aliphatic rings. The van der Waals surface area contributed by atoms with Crippen LogP contribution in [0.2, 0.25) is 0 Å². The van der Waals surface area contributed by atoms with Crippen LogP contribution in [0, 0.1) is 0 Å². The first kappa shape index (κ1) is 23.2. The highest BCUT2D eigenvalue weighted by Gasteiger charge is 2.38. The molecule has 0 fully saturated rings. The molecule has 0 heterocycles. The maximum Gasteiger partial charge on any atom is 0.448 e. The van der Waals surface area contributed by atoms with E-state index in [1.165, 1.54) is 0 Å². The molecule has 0 bridgehead atoms. The second-order valence-electron chi connectivity index (χ2n) is 1.93. The summed E-state index contributed by atoms with van der Waals surface area (Å²) in [6.07, 6.45) is -14.7. The average Bonchev–Trinajstić information content (AvgIpc) is 2.14. The molecule has 0 aliphatic carbocycles. The van der Waals surface area contributed by atoms with Crippen molar-refractivity contribution in [1.29, 1.82) is 0 Å². The van der Waals surface area contributed by atoms with Crippen molar-refractivity contribution in [3.05, 3.63) is 35.1 Å². The van der Waals surface area contributed by atoms with Crippen molar-refractivity contribution in [3.8, 4) is 0 Å². The first-order valence-corrected chi connectivity index (χ1v) is 4.13. The zero-order chi connectivity index (χ0) is 16.4. The Balaban J connectivity index is -0.000000222. The van der Waals surface area contributed by atoms with Crippen molar-refractivity contribution in [2.45, 2.75) is 6.18 Å². The molecular formula is C7H2Cl2F10. The second-order valence-corrected chi connectivity index (χ2v) is 3.04. The summed E-state index contributed by atoms with van der Waals surface area (Å²) in [4.78, 5) is 0. The van der Waals surface area contributed by atoms with Crippen molar-refractivity contribution in [2.75, 3.05) is 0 Å². The van der Waals surface area contributed by atoms with Crippen LogP contribution < -0.4 is 0 Å². The lowest BCUT2D eigenvalue weighted by molar-refractivity contribution is -0.113. The highest BCUT2D eigenvalue weighted by molar-refractivity contribution is 6.55. The van der Waals surface area contributed by atoms with Crippen LogP contribution in [0.1, 0.15) is 0 Å². The van der Waals surface area contributed by atoms with Crippen molar-refractivity contribution in [1.82, 2.24) is 0 Å². The molecule has 0 spiro atoms. The Hall–Kier alpha value is -0.900. The van der Waals surface area contributed by atoms with E-state index in [1.54, 1.807) is 0 Å². The Morgan fingerprint density at radius 2 is 0.895 bits per heavy atom. The van der Waals surface area contributed by atoms with Gasteiger partial charge in [-0.3, -0.25) is 0 Å². The lowest BCUT2D eigenvalue weighted by Crippen LogP contribution is -2.08. The fraction of sp³-hybridized carbons (Fsp3) is 0.143. The van der Waals surface area contributed by atoms with Crippen LogP contribution in [0.25, 0.3) is 0 Å². The molecule has 0 unspecified atom stereocenters. The zero-order valence-electron chi connectivity index (χ0n) is 8.24.